The third-order valence-corrected chi connectivity index (χ3v) is 4.46. The van der Waals surface area contributed by atoms with E-state index in [0.29, 0.717) is 37.1 Å². The molecule has 0 radical (unpaired) electrons. The second-order valence-corrected chi connectivity index (χ2v) is 6.22. The highest BCUT2D eigenvalue weighted by molar-refractivity contribution is 7.71. The number of para-hydroxylation sites is 1. The first-order valence-electron chi connectivity index (χ1n) is 8.28. The maximum Gasteiger partial charge on any atom is 0.307 e. The van der Waals surface area contributed by atoms with Gasteiger partial charge in [-0.25, -0.2) is 4.68 Å². The van der Waals surface area contributed by atoms with Gasteiger partial charge in [0.2, 0.25) is 4.77 Å². The van der Waals surface area contributed by atoms with Crippen LogP contribution in [0.2, 0.25) is 0 Å². The van der Waals surface area contributed by atoms with Gasteiger partial charge in [0.25, 0.3) is 0 Å². The van der Waals surface area contributed by atoms with Crippen LogP contribution in [0.5, 0.6) is 0 Å². The van der Waals surface area contributed by atoms with E-state index in [4.69, 9.17) is 17.0 Å². The average molecular weight is 346 g/mol. The summed E-state index contributed by atoms with van der Waals surface area (Å²) >= 11 is 5.56. The van der Waals surface area contributed by atoms with Crippen LogP contribution in [0.15, 0.2) is 36.7 Å². The summed E-state index contributed by atoms with van der Waals surface area (Å²) in [6.07, 6.45) is 4.47. The molecule has 1 fully saturated rings. The molecule has 0 atom stereocenters. The molecule has 0 saturated heterocycles. The zero-order chi connectivity index (χ0) is 16.9. The Morgan fingerprint density at radius 1 is 1.38 bits per heavy atom. The zero-order valence-corrected chi connectivity index (χ0v) is 14.6. The molecule has 0 bridgehead atoms. The van der Waals surface area contributed by atoms with Crippen molar-refractivity contribution in [1.82, 2.24) is 19.2 Å². The molecule has 0 amide bonds. The van der Waals surface area contributed by atoms with Crippen LogP contribution in [-0.2, 0) is 16.2 Å². The molecule has 1 saturated carbocycles. The summed E-state index contributed by atoms with van der Waals surface area (Å²) in [5.74, 6) is -0.151. The van der Waals surface area contributed by atoms with Gasteiger partial charge in [-0.1, -0.05) is 18.2 Å². The van der Waals surface area contributed by atoms with Crippen LogP contribution in [0.3, 0.4) is 0 Å². The molecule has 1 aliphatic carbocycles. The van der Waals surface area contributed by atoms with E-state index in [9.17, 15) is 4.79 Å². The van der Waals surface area contributed by atoms with E-state index in [0.717, 1.165) is 18.5 Å². The van der Waals surface area contributed by atoms with Gasteiger partial charge in [0, 0.05) is 18.3 Å². The van der Waals surface area contributed by atoms with Gasteiger partial charge in [0.05, 0.1) is 19.7 Å². The van der Waals surface area contributed by atoms with Gasteiger partial charge in [-0.3, -0.25) is 14.3 Å². The normalized spacial score (nSPS) is 14.1. The Bertz CT molecular complexity index is 737. The molecule has 0 unspecified atom stereocenters. The van der Waals surface area contributed by atoms with Crippen LogP contribution in [-0.4, -0.2) is 44.4 Å². The number of hydrogen-bond acceptors (Lipinski definition) is 5. The molecule has 24 heavy (non-hydrogen) atoms. The van der Waals surface area contributed by atoms with E-state index in [-0.39, 0.29) is 5.97 Å². The Kier molecular flexibility index (Phi) is 5.42. The van der Waals surface area contributed by atoms with Gasteiger partial charge < -0.3 is 4.74 Å². The quantitative estimate of drug-likeness (QED) is 0.543. The molecule has 1 heterocycles. The lowest BCUT2D eigenvalue weighted by Crippen LogP contribution is -2.31. The number of esters is 1. The minimum atomic E-state index is -0.151. The second kappa shape index (κ2) is 7.72. The first kappa shape index (κ1) is 16.9. The molecule has 128 valence electrons. The van der Waals surface area contributed by atoms with E-state index in [1.54, 1.807) is 6.33 Å². The van der Waals surface area contributed by atoms with Crippen LogP contribution in [0.25, 0.3) is 5.69 Å². The van der Waals surface area contributed by atoms with Crippen molar-refractivity contribution in [1.29, 1.82) is 0 Å². The van der Waals surface area contributed by atoms with Gasteiger partial charge >= 0.3 is 5.97 Å². The second-order valence-electron chi connectivity index (χ2n) is 5.86. The van der Waals surface area contributed by atoms with E-state index in [2.05, 4.69) is 10.00 Å². The first-order chi connectivity index (χ1) is 11.7. The van der Waals surface area contributed by atoms with E-state index in [1.165, 1.54) is 0 Å². The number of nitrogens with zero attached hydrogens (tertiary/aromatic N) is 4. The largest absolute Gasteiger partial charge is 0.466 e. The van der Waals surface area contributed by atoms with Crippen molar-refractivity contribution >= 4 is 18.2 Å². The fourth-order valence-electron chi connectivity index (χ4n) is 2.65. The highest BCUT2D eigenvalue weighted by atomic mass is 32.1. The molecule has 1 aromatic carbocycles. The molecule has 3 rings (SSSR count). The van der Waals surface area contributed by atoms with Crippen molar-refractivity contribution in [3.05, 3.63) is 41.4 Å². The van der Waals surface area contributed by atoms with Crippen molar-refractivity contribution in [2.75, 3.05) is 13.2 Å². The number of carbonyl (C=O) groups excluding carboxylic acids is 1. The summed E-state index contributed by atoms with van der Waals surface area (Å²) in [4.78, 5) is 13.9. The SMILES string of the molecule is CCOC(=O)CCN(Cn1ncn(-c2ccccc2)c1=S)C1CC1. The van der Waals surface area contributed by atoms with E-state index >= 15 is 0 Å². The van der Waals surface area contributed by atoms with Crippen molar-refractivity contribution in [2.24, 2.45) is 0 Å². The van der Waals surface area contributed by atoms with Crippen LogP contribution in [0.4, 0.5) is 0 Å². The number of rotatable bonds is 8. The summed E-state index contributed by atoms with van der Waals surface area (Å²) in [7, 11) is 0. The van der Waals surface area contributed by atoms with Gasteiger partial charge in [-0.15, -0.1) is 0 Å². The minimum absolute atomic E-state index is 0.151. The Labute approximate surface area is 146 Å². The summed E-state index contributed by atoms with van der Waals surface area (Å²) in [5.41, 5.74) is 0.998. The summed E-state index contributed by atoms with van der Waals surface area (Å²) in [6.45, 7) is 3.52. The molecular weight excluding hydrogens is 324 g/mol. The number of carbonyl (C=O) groups is 1. The molecule has 6 nitrogen and oxygen atoms in total. The number of hydrogen-bond donors (Lipinski definition) is 0. The number of ether oxygens (including phenoxy) is 1. The van der Waals surface area contributed by atoms with Crippen LogP contribution in [0, 0.1) is 4.77 Å². The van der Waals surface area contributed by atoms with Crippen molar-refractivity contribution in [3.8, 4) is 5.69 Å². The summed E-state index contributed by atoms with van der Waals surface area (Å²) < 4.78 is 9.38. The van der Waals surface area contributed by atoms with Crippen LogP contribution < -0.4 is 0 Å². The summed E-state index contributed by atoms with van der Waals surface area (Å²) in [6, 6.07) is 10.4. The lowest BCUT2D eigenvalue weighted by atomic mass is 10.3. The third-order valence-electron chi connectivity index (χ3n) is 4.06. The maximum absolute atomic E-state index is 11.6. The highest BCUT2D eigenvalue weighted by Gasteiger charge is 2.29. The number of aromatic nitrogens is 3. The monoisotopic (exact) mass is 346 g/mol. The van der Waals surface area contributed by atoms with Crippen LogP contribution >= 0.6 is 12.2 Å². The van der Waals surface area contributed by atoms with Crippen LogP contribution in [0.1, 0.15) is 26.2 Å². The lowest BCUT2D eigenvalue weighted by molar-refractivity contribution is -0.143. The zero-order valence-electron chi connectivity index (χ0n) is 13.8. The fraction of sp³-hybridized carbons (Fsp3) is 0.471. The molecule has 0 spiro atoms. The Hall–Kier alpha value is -1.99. The van der Waals surface area contributed by atoms with Gasteiger partial charge in [-0.05, 0) is 44.1 Å². The molecule has 0 aliphatic heterocycles. The van der Waals surface area contributed by atoms with Crippen molar-refractivity contribution in [2.45, 2.75) is 38.9 Å². The molecular formula is C17H22N4O2S. The van der Waals surface area contributed by atoms with Gasteiger partial charge in [0.15, 0.2) is 0 Å². The Balaban J connectivity index is 1.68. The molecule has 1 aromatic heterocycles. The van der Waals surface area contributed by atoms with E-state index in [1.807, 2.05) is 46.5 Å². The lowest BCUT2D eigenvalue weighted by Gasteiger charge is -2.21. The predicted molar refractivity (Wildman–Crippen MR) is 93.4 cm³/mol. The molecule has 1 aliphatic rings. The molecule has 2 aromatic rings. The van der Waals surface area contributed by atoms with Crippen molar-refractivity contribution < 1.29 is 9.53 Å². The van der Waals surface area contributed by atoms with Gasteiger partial charge in [-0.2, -0.15) is 5.10 Å². The first-order valence-corrected chi connectivity index (χ1v) is 8.69. The standard InChI is InChI=1S/C17H22N4O2S/c1-2-23-16(22)10-11-19(14-8-9-14)13-21-17(24)20(12-18-21)15-6-4-3-5-7-15/h3-7,12,14H,2,8-11,13H2,1H3. The van der Waals surface area contributed by atoms with Gasteiger partial charge in [0.1, 0.15) is 6.33 Å². The fourth-order valence-corrected chi connectivity index (χ4v) is 2.91. The smallest absolute Gasteiger partial charge is 0.307 e. The average Bonchev–Trinajstić information content (AvgIpc) is 3.37. The number of benzene rings is 1. The summed E-state index contributed by atoms with van der Waals surface area (Å²) in [5, 5.41) is 4.42. The Morgan fingerprint density at radius 2 is 2.12 bits per heavy atom. The maximum atomic E-state index is 11.6. The third kappa shape index (κ3) is 4.10. The topological polar surface area (TPSA) is 52.3 Å². The van der Waals surface area contributed by atoms with Crippen molar-refractivity contribution in [3.63, 3.8) is 0 Å². The molecule has 0 N–H and O–H groups in total. The highest BCUT2D eigenvalue weighted by Crippen LogP contribution is 2.27. The van der Waals surface area contributed by atoms with E-state index < -0.39 is 0 Å². The predicted octanol–water partition coefficient (Wildman–Crippen LogP) is 2.78. The minimum Gasteiger partial charge on any atom is -0.466 e. The molecule has 7 heteroatoms. The Morgan fingerprint density at radius 3 is 2.79 bits per heavy atom.